The number of amides is 1. The Hall–Kier alpha value is -0.610. The maximum absolute atomic E-state index is 12.0. The zero-order chi connectivity index (χ0) is 12.8. The van der Waals surface area contributed by atoms with Gasteiger partial charge in [0.25, 0.3) is 0 Å². The Balaban J connectivity index is 1.67. The molecular weight excluding hydrogens is 226 g/mol. The van der Waals surface area contributed by atoms with E-state index in [1.165, 1.54) is 12.8 Å². The fourth-order valence-electron chi connectivity index (χ4n) is 2.94. The van der Waals surface area contributed by atoms with Gasteiger partial charge in [-0.05, 0) is 51.1 Å². The second-order valence-electron chi connectivity index (χ2n) is 5.90. The summed E-state index contributed by atoms with van der Waals surface area (Å²) < 4.78 is 0. The summed E-state index contributed by atoms with van der Waals surface area (Å²) in [5, 5.41) is 6.57. The van der Waals surface area contributed by atoms with Crippen molar-refractivity contribution in [1.29, 1.82) is 0 Å². The van der Waals surface area contributed by atoms with Crippen LogP contribution >= 0.6 is 0 Å². The van der Waals surface area contributed by atoms with Crippen molar-refractivity contribution in [2.45, 2.75) is 45.1 Å². The number of nitrogens with one attached hydrogen (secondary N) is 2. The van der Waals surface area contributed by atoms with Gasteiger partial charge < -0.3 is 10.6 Å². The third-order valence-corrected chi connectivity index (χ3v) is 4.18. The van der Waals surface area contributed by atoms with E-state index in [0.29, 0.717) is 12.6 Å². The minimum absolute atomic E-state index is 0.219. The van der Waals surface area contributed by atoms with Crippen molar-refractivity contribution < 1.29 is 4.79 Å². The topological polar surface area (TPSA) is 44.4 Å². The Bertz CT molecular complexity index is 254. The van der Waals surface area contributed by atoms with Crippen LogP contribution in [-0.2, 0) is 4.79 Å². The zero-order valence-electron chi connectivity index (χ0n) is 11.6. The highest BCUT2D eigenvalue weighted by Crippen LogP contribution is 2.23. The van der Waals surface area contributed by atoms with Crippen molar-refractivity contribution in [3.8, 4) is 0 Å². The van der Waals surface area contributed by atoms with Gasteiger partial charge in [0, 0.05) is 19.1 Å². The molecule has 2 aliphatic rings. The Morgan fingerprint density at radius 2 is 2.00 bits per heavy atom. The zero-order valence-corrected chi connectivity index (χ0v) is 11.6. The third-order valence-electron chi connectivity index (χ3n) is 4.18. The van der Waals surface area contributed by atoms with Crippen LogP contribution in [0.3, 0.4) is 0 Å². The van der Waals surface area contributed by atoms with Gasteiger partial charge in [0.15, 0.2) is 0 Å². The molecule has 0 aromatic carbocycles. The highest BCUT2D eigenvalue weighted by molar-refractivity contribution is 5.78. The summed E-state index contributed by atoms with van der Waals surface area (Å²) in [5.41, 5.74) is 0. The monoisotopic (exact) mass is 253 g/mol. The van der Waals surface area contributed by atoms with E-state index in [0.717, 1.165) is 51.4 Å². The molecule has 1 heterocycles. The molecule has 0 spiro atoms. The van der Waals surface area contributed by atoms with Gasteiger partial charge in [-0.15, -0.1) is 0 Å². The van der Waals surface area contributed by atoms with Crippen LogP contribution in [0.2, 0.25) is 0 Å². The highest BCUT2D eigenvalue weighted by atomic mass is 16.2. The van der Waals surface area contributed by atoms with E-state index in [9.17, 15) is 4.79 Å². The fourth-order valence-corrected chi connectivity index (χ4v) is 2.94. The predicted octanol–water partition coefficient (Wildman–Crippen LogP) is 0.977. The average molecular weight is 253 g/mol. The van der Waals surface area contributed by atoms with Gasteiger partial charge in [-0.2, -0.15) is 0 Å². The van der Waals surface area contributed by atoms with Gasteiger partial charge >= 0.3 is 0 Å². The molecule has 0 atom stereocenters. The summed E-state index contributed by atoms with van der Waals surface area (Å²) in [6.45, 7) is 7.01. The van der Waals surface area contributed by atoms with Crippen molar-refractivity contribution in [2.24, 2.45) is 5.92 Å². The minimum atomic E-state index is 0.219. The van der Waals surface area contributed by atoms with Crippen LogP contribution in [-0.4, -0.2) is 49.6 Å². The van der Waals surface area contributed by atoms with Crippen molar-refractivity contribution in [2.75, 3.05) is 32.7 Å². The van der Waals surface area contributed by atoms with Crippen LogP contribution in [0.15, 0.2) is 0 Å². The number of nitrogens with zero attached hydrogens (tertiary/aromatic N) is 1. The van der Waals surface area contributed by atoms with Gasteiger partial charge in [-0.3, -0.25) is 9.69 Å². The summed E-state index contributed by atoms with van der Waals surface area (Å²) in [6.07, 6.45) is 5.99. The van der Waals surface area contributed by atoms with E-state index in [4.69, 9.17) is 0 Å². The first-order valence-electron chi connectivity index (χ1n) is 7.46. The van der Waals surface area contributed by atoms with Gasteiger partial charge in [-0.1, -0.05) is 6.92 Å². The summed E-state index contributed by atoms with van der Waals surface area (Å²) in [5.74, 6) is 1.06. The van der Waals surface area contributed by atoms with Gasteiger partial charge in [0.1, 0.15) is 0 Å². The Morgan fingerprint density at radius 1 is 1.22 bits per heavy atom. The van der Waals surface area contributed by atoms with Crippen LogP contribution in [0.1, 0.15) is 39.0 Å². The van der Waals surface area contributed by atoms with E-state index in [1.54, 1.807) is 0 Å². The van der Waals surface area contributed by atoms with Crippen LogP contribution in [0.25, 0.3) is 0 Å². The van der Waals surface area contributed by atoms with E-state index in [2.05, 4.69) is 22.5 Å². The lowest BCUT2D eigenvalue weighted by Crippen LogP contribution is -2.44. The molecule has 1 saturated carbocycles. The molecule has 4 nitrogen and oxygen atoms in total. The molecule has 1 saturated heterocycles. The lowest BCUT2D eigenvalue weighted by molar-refractivity contribution is -0.123. The standard InChI is InChI=1S/C14H27N3O/c1-12-3-5-13(6-4-12)16-14(18)11-17-9-2-7-15-8-10-17/h12-13,15H,2-11H2,1H3,(H,16,18). The quantitative estimate of drug-likeness (QED) is 0.788. The normalized spacial score (nSPS) is 30.7. The van der Waals surface area contributed by atoms with Crippen LogP contribution in [0, 0.1) is 5.92 Å². The molecule has 0 unspecified atom stereocenters. The molecule has 1 amide bonds. The number of hydrogen-bond donors (Lipinski definition) is 2. The molecule has 18 heavy (non-hydrogen) atoms. The second kappa shape index (κ2) is 7.10. The van der Waals surface area contributed by atoms with Crippen molar-refractivity contribution in [3.63, 3.8) is 0 Å². The maximum atomic E-state index is 12.0. The molecule has 0 bridgehead atoms. The fraction of sp³-hybridized carbons (Fsp3) is 0.929. The van der Waals surface area contributed by atoms with E-state index in [1.807, 2.05) is 0 Å². The first-order valence-corrected chi connectivity index (χ1v) is 7.46. The predicted molar refractivity (Wildman–Crippen MR) is 73.5 cm³/mol. The first kappa shape index (κ1) is 13.8. The average Bonchev–Trinajstić information content (AvgIpc) is 2.61. The number of carbonyl (C=O) groups excluding carboxylic acids is 1. The summed E-state index contributed by atoms with van der Waals surface area (Å²) in [4.78, 5) is 14.3. The number of carbonyl (C=O) groups is 1. The molecular formula is C14H27N3O. The van der Waals surface area contributed by atoms with Gasteiger partial charge in [0.05, 0.1) is 6.54 Å². The lowest BCUT2D eigenvalue weighted by Gasteiger charge is -2.28. The molecule has 1 aliphatic heterocycles. The smallest absolute Gasteiger partial charge is 0.234 e. The SMILES string of the molecule is CC1CCC(NC(=O)CN2CCCNCC2)CC1. The summed E-state index contributed by atoms with van der Waals surface area (Å²) in [6, 6.07) is 0.429. The molecule has 0 aromatic rings. The summed E-state index contributed by atoms with van der Waals surface area (Å²) in [7, 11) is 0. The second-order valence-corrected chi connectivity index (χ2v) is 5.90. The largest absolute Gasteiger partial charge is 0.352 e. The number of rotatable bonds is 3. The van der Waals surface area contributed by atoms with Gasteiger partial charge in [0.2, 0.25) is 5.91 Å². The maximum Gasteiger partial charge on any atom is 0.234 e. The number of hydrogen-bond acceptors (Lipinski definition) is 3. The molecule has 1 aliphatic carbocycles. The van der Waals surface area contributed by atoms with Crippen molar-refractivity contribution in [1.82, 2.24) is 15.5 Å². The Kier molecular flexibility index (Phi) is 5.45. The molecule has 104 valence electrons. The minimum Gasteiger partial charge on any atom is -0.352 e. The van der Waals surface area contributed by atoms with Crippen molar-refractivity contribution >= 4 is 5.91 Å². The molecule has 2 rings (SSSR count). The van der Waals surface area contributed by atoms with Crippen molar-refractivity contribution in [3.05, 3.63) is 0 Å². The highest BCUT2D eigenvalue weighted by Gasteiger charge is 2.20. The first-order chi connectivity index (χ1) is 8.74. The molecule has 2 N–H and O–H groups in total. The lowest BCUT2D eigenvalue weighted by atomic mass is 9.87. The van der Waals surface area contributed by atoms with Crippen LogP contribution in [0.4, 0.5) is 0 Å². The van der Waals surface area contributed by atoms with E-state index >= 15 is 0 Å². The van der Waals surface area contributed by atoms with E-state index in [-0.39, 0.29) is 5.91 Å². The van der Waals surface area contributed by atoms with Gasteiger partial charge in [-0.25, -0.2) is 0 Å². The Morgan fingerprint density at radius 3 is 2.78 bits per heavy atom. The summed E-state index contributed by atoms with van der Waals surface area (Å²) >= 11 is 0. The third kappa shape index (κ3) is 4.58. The molecule has 0 aromatic heterocycles. The van der Waals surface area contributed by atoms with Crippen LogP contribution in [0.5, 0.6) is 0 Å². The van der Waals surface area contributed by atoms with E-state index < -0.39 is 0 Å². The Labute approximate surface area is 110 Å². The van der Waals surface area contributed by atoms with Crippen LogP contribution < -0.4 is 10.6 Å². The molecule has 2 fully saturated rings. The molecule has 0 radical (unpaired) electrons. The molecule has 4 heteroatoms.